The van der Waals surface area contributed by atoms with Gasteiger partial charge in [0.1, 0.15) is 0 Å². The van der Waals surface area contributed by atoms with E-state index >= 15 is 0 Å². The Hall–Kier alpha value is -1.95. The summed E-state index contributed by atoms with van der Waals surface area (Å²) in [7, 11) is 3.02. The number of rotatable bonds is 9. The van der Waals surface area contributed by atoms with Crippen LogP contribution in [0.15, 0.2) is 12.1 Å². The van der Waals surface area contributed by atoms with Crippen LogP contribution in [0.3, 0.4) is 0 Å². The van der Waals surface area contributed by atoms with Crippen molar-refractivity contribution in [2.24, 2.45) is 5.92 Å². The van der Waals surface area contributed by atoms with Crippen molar-refractivity contribution in [3.05, 3.63) is 22.7 Å². The van der Waals surface area contributed by atoms with Gasteiger partial charge in [0.2, 0.25) is 0 Å². The van der Waals surface area contributed by atoms with Gasteiger partial charge in [0.15, 0.2) is 11.5 Å². The molecule has 0 fully saturated rings. The highest BCUT2D eigenvalue weighted by Gasteiger charge is 2.21. The first-order valence-electron chi connectivity index (χ1n) is 7.80. The monoisotopic (exact) mass is 357 g/mol. The maximum Gasteiger partial charge on any atom is 0.308 e. The third-order valence-corrected chi connectivity index (χ3v) is 3.82. The number of benzene rings is 1. The molecule has 0 saturated heterocycles. The summed E-state index contributed by atoms with van der Waals surface area (Å²) >= 11 is 6.23. The summed E-state index contributed by atoms with van der Waals surface area (Å²) in [5.74, 6) is -1.16. The lowest BCUT2D eigenvalue weighted by Crippen LogP contribution is -2.33. The van der Waals surface area contributed by atoms with Gasteiger partial charge in [-0.05, 0) is 18.6 Å². The highest BCUT2D eigenvalue weighted by Crippen LogP contribution is 2.36. The van der Waals surface area contributed by atoms with Crippen molar-refractivity contribution in [1.82, 2.24) is 4.90 Å². The number of methoxy groups -OCH3 is 1. The summed E-state index contributed by atoms with van der Waals surface area (Å²) in [6, 6.07) is 3.06. The topological polar surface area (TPSA) is 76.1 Å². The largest absolute Gasteiger partial charge is 0.493 e. The van der Waals surface area contributed by atoms with Crippen molar-refractivity contribution in [1.29, 1.82) is 0 Å². The Balaban J connectivity index is 2.97. The lowest BCUT2D eigenvalue weighted by molar-refractivity contribution is -0.141. The molecule has 0 spiro atoms. The molecule has 1 unspecified atom stereocenters. The van der Waals surface area contributed by atoms with E-state index in [1.165, 1.54) is 18.1 Å². The van der Waals surface area contributed by atoms with E-state index < -0.39 is 11.9 Å². The molecule has 0 aliphatic heterocycles. The van der Waals surface area contributed by atoms with E-state index in [0.717, 1.165) is 12.8 Å². The SMILES string of the molecule is CCCCOc1c(Cl)cc(C(=O)N(C)CC(C)C(=O)O)cc1OC. The second kappa shape index (κ2) is 9.37. The van der Waals surface area contributed by atoms with E-state index in [0.29, 0.717) is 23.7 Å². The zero-order valence-electron chi connectivity index (χ0n) is 14.5. The van der Waals surface area contributed by atoms with Crippen LogP contribution < -0.4 is 9.47 Å². The number of nitrogens with zero attached hydrogens (tertiary/aromatic N) is 1. The number of hydrogen-bond acceptors (Lipinski definition) is 4. The third-order valence-electron chi connectivity index (χ3n) is 3.54. The van der Waals surface area contributed by atoms with Gasteiger partial charge in [-0.1, -0.05) is 31.9 Å². The van der Waals surface area contributed by atoms with Crippen LogP contribution in [0.5, 0.6) is 11.5 Å². The standard InChI is InChI=1S/C17H24ClNO5/c1-5-6-7-24-15-13(18)8-12(9-14(15)23-4)16(20)19(3)10-11(2)17(21)22/h8-9,11H,5-7,10H2,1-4H3,(H,21,22). The van der Waals surface area contributed by atoms with Crippen LogP contribution in [0.1, 0.15) is 37.0 Å². The summed E-state index contributed by atoms with van der Waals surface area (Å²) in [6.45, 7) is 4.21. The van der Waals surface area contributed by atoms with E-state index in [4.69, 9.17) is 26.2 Å². The van der Waals surface area contributed by atoms with Gasteiger partial charge in [0, 0.05) is 19.2 Å². The van der Waals surface area contributed by atoms with Crippen LogP contribution in [-0.2, 0) is 4.79 Å². The fraction of sp³-hybridized carbons (Fsp3) is 0.529. The van der Waals surface area contributed by atoms with E-state index in [2.05, 4.69) is 6.92 Å². The molecule has 7 heteroatoms. The Labute approximate surface area is 147 Å². The first-order valence-corrected chi connectivity index (χ1v) is 8.18. The van der Waals surface area contributed by atoms with Gasteiger partial charge in [-0.15, -0.1) is 0 Å². The highest BCUT2D eigenvalue weighted by molar-refractivity contribution is 6.32. The fourth-order valence-corrected chi connectivity index (χ4v) is 2.36. The van der Waals surface area contributed by atoms with Crippen LogP contribution in [0, 0.1) is 5.92 Å². The Bertz CT molecular complexity index is 591. The average Bonchev–Trinajstić information content (AvgIpc) is 2.54. The molecule has 6 nitrogen and oxygen atoms in total. The second-order valence-electron chi connectivity index (χ2n) is 5.62. The van der Waals surface area contributed by atoms with Crippen LogP contribution >= 0.6 is 11.6 Å². The minimum atomic E-state index is -0.954. The van der Waals surface area contributed by atoms with Crippen LogP contribution in [0.4, 0.5) is 0 Å². The number of unbranched alkanes of at least 4 members (excludes halogenated alkanes) is 1. The molecule has 1 N–H and O–H groups in total. The first-order chi connectivity index (χ1) is 11.3. The van der Waals surface area contributed by atoms with Crippen molar-refractivity contribution in [2.75, 3.05) is 27.3 Å². The molecule has 0 aliphatic rings. The van der Waals surface area contributed by atoms with E-state index in [1.807, 2.05) is 0 Å². The second-order valence-corrected chi connectivity index (χ2v) is 6.02. The molecule has 0 radical (unpaired) electrons. The fourth-order valence-electron chi connectivity index (χ4n) is 2.09. The molecule has 1 rings (SSSR count). The Morgan fingerprint density at radius 3 is 2.58 bits per heavy atom. The van der Waals surface area contributed by atoms with Crippen molar-refractivity contribution in [2.45, 2.75) is 26.7 Å². The zero-order valence-corrected chi connectivity index (χ0v) is 15.2. The molecule has 0 aromatic heterocycles. The number of carboxylic acids is 1. The Morgan fingerprint density at radius 2 is 2.04 bits per heavy atom. The maximum atomic E-state index is 12.5. The number of carbonyl (C=O) groups is 2. The molecule has 1 aromatic carbocycles. The minimum absolute atomic E-state index is 0.100. The van der Waals surface area contributed by atoms with E-state index in [1.54, 1.807) is 20.0 Å². The first kappa shape index (κ1) is 20.1. The van der Waals surface area contributed by atoms with Gasteiger partial charge in [0.05, 0.1) is 24.7 Å². The number of amides is 1. The van der Waals surface area contributed by atoms with Gasteiger partial charge in [-0.2, -0.15) is 0 Å². The summed E-state index contributed by atoms with van der Waals surface area (Å²) in [4.78, 5) is 24.7. The van der Waals surface area contributed by atoms with Gasteiger partial charge in [0.25, 0.3) is 5.91 Å². The number of halogens is 1. The predicted octanol–water partition coefficient (Wildman–Crippen LogP) is 3.32. The molecule has 0 aliphatic carbocycles. The highest BCUT2D eigenvalue weighted by atomic mass is 35.5. The van der Waals surface area contributed by atoms with Crippen molar-refractivity contribution in [3.8, 4) is 11.5 Å². The normalized spacial score (nSPS) is 11.7. The Morgan fingerprint density at radius 1 is 1.38 bits per heavy atom. The van der Waals surface area contributed by atoms with Crippen molar-refractivity contribution >= 4 is 23.5 Å². The molecule has 1 amide bonds. The molecule has 24 heavy (non-hydrogen) atoms. The lowest BCUT2D eigenvalue weighted by Gasteiger charge is -2.20. The summed E-state index contributed by atoms with van der Waals surface area (Å²) < 4.78 is 10.9. The van der Waals surface area contributed by atoms with Crippen LogP contribution in [-0.4, -0.2) is 49.2 Å². The summed E-state index contributed by atoms with van der Waals surface area (Å²) in [6.07, 6.45) is 1.87. The smallest absolute Gasteiger partial charge is 0.308 e. The zero-order chi connectivity index (χ0) is 18.3. The third kappa shape index (κ3) is 5.30. The molecule has 0 heterocycles. The predicted molar refractivity (Wildman–Crippen MR) is 92.2 cm³/mol. The molecule has 134 valence electrons. The van der Waals surface area contributed by atoms with Crippen molar-refractivity contribution < 1.29 is 24.2 Å². The number of ether oxygens (including phenoxy) is 2. The van der Waals surface area contributed by atoms with Crippen molar-refractivity contribution in [3.63, 3.8) is 0 Å². The maximum absolute atomic E-state index is 12.5. The summed E-state index contributed by atoms with van der Waals surface area (Å²) in [5, 5.41) is 9.24. The quantitative estimate of drug-likeness (QED) is 0.686. The van der Waals surface area contributed by atoms with Gasteiger partial charge in [-0.25, -0.2) is 0 Å². The lowest BCUT2D eigenvalue weighted by atomic mass is 10.1. The molecule has 0 saturated carbocycles. The number of hydrogen-bond donors (Lipinski definition) is 1. The average molecular weight is 358 g/mol. The molecular weight excluding hydrogens is 334 g/mol. The van der Waals surface area contributed by atoms with Crippen LogP contribution in [0.25, 0.3) is 0 Å². The number of aliphatic carboxylic acids is 1. The molecule has 1 atom stereocenters. The van der Waals surface area contributed by atoms with Gasteiger partial charge in [-0.3, -0.25) is 9.59 Å². The van der Waals surface area contributed by atoms with E-state index in [-0.39, 0.29) is 17.5 Å². The number of carbonyl (C=O) groups excluding carboxylic acids is 1. The summed E-state index contributed by atoms with van der Waals surface area (Å²) in [5.41, 5.74) is 0.319. The van der Waals surface area contributed by atoms with Gasteiger partial charge >= 0.3 is 5.97 Å². The Kier molecular flexibility index (Phi) is 7.85. The molecule has 1 aromatic rings. The number of carboxylic acid groups (broad SMARTS) is 1. The molecule has 0 bridgehead atoms. The minimum Gasteiger partial charge on any atom is -0.493 e. The van der Waals surface area contributed by atoms with Crippen LogP contribution in [0.2, 0.25) is 5.02 Å². The molecular formula is C17H24ClNO5. The van der Waals surface area contributed by atoms with E-state index in [9.17, 15) is 9.59 Å². The van der Waals surface area contributed by atoms with Gasteiger partial charge < -0.3 is 19.5 Å².